The van der Waals surface area contributed by atoms with E-state index >= 15 is 0 Å². The molecule has 0 aliphatic heterocycles. The summed E-state index contributed by atoms with van der Waals surface area (Å²) in [5, 5.41) is 22.8. The number of carbonyl (C=O) groups excluding carboxylic acids is 3. The van der Waals surface area contributed by atoms with Crippen molar-refractivity contribution < 1.29 is 29.3 Å². The minimum atomic E-state index is -1.60. The van der Waals surface area contributed by atoms with Crippen molar-refractivity contribution in [1.82, 2.24) is 0 Å². The van der Waals surface area contributed by atoms with Crippen molar-refractivity contribution in [2.45, 2.75) is 71.0 Å². The normalized spacial score (nSPS) is 44.6. The van der Waals surface area contributed by atoms with Crippen molar-refractivity contribution in [3.8, 4) is 0 Å². The predicted molar refractivity (Wildman–Crippen MR) is 109 cm³/mol. The Bertz CT molecular complexity index is 843. The summed E-state index contributed by atoms with van der Waals surface area (Å²) in [6.07, 6.45) is 7.70. The maximum absolute atomic E-state index is 13.0. The van der Waals surface area contributed by atoms with Crippen molar-refractivity contribution in [1.29, 1.82) is 0 Å². The van der Waals surface area contributed by atoms with Crippen LogP contribution in [0.3, 0.4) is 0 Å². The second-order valence-electron chi connectivity index (χ2n) is 10.0. The fraction of sp³-hybridized carbons (Fsp3) is 0.708. The monoisotopic (exact) mass is 416 g/mol. The highest BCUT2D eigenvalue weighted by Gasteiger charge is 2.68. The SMILES string of the molecule is CCC(=O)OCC(=O)[C@@]1(O)CC[C@@H]2[C@@H]3CCC4=CC(=O)C=C[C@]4(C)[C@H]3[C@H](O)C[C@@]21C. The van der Waals surface area contributed by atoms with Gasteiger partial charge in [0.05, 0.1) is 6.10 Å². The Labute approximate surface area is 177 Å². The highest BCUT2D eigenvalue weighted by Crippen LogP contribution is 2.67. The van der Waals surface area contributed by atoms with Crippen LogP contribution in [0.2, 0.25) is 0 Å². The van der Waals surface area contributed by atoms with Crippen molar-refractivity contribution in [2.24, 2.45) is 28.6 Å². The maximum atomic E-state index is 13.0. The van der Waals surface area contributed by atoms with Crippen LogP contribution in [-0.2, 0) is 19.1 Å². The van der Waals surface area contributed by atoms with Crippen LogP contribution >= 0.6 is 0 Å². The number of aliphatic hydroxyl groups excluding tert-OH is 1. The molecule has 6 nitrogen and oxygen atoms in total. The number of aliphatic hydroxyl groups is 2. The van der Waals surface area contributed by atoms with Crippen LogP contribution in [0.4, 0.5) is 0 Å². The van der Waals surface area contributed by atoms with Gasteiger partial charge >= 0.3 is 5.97 Å². The molecule has 0 spiro atoms. The van der Waals surface area contributed by atoms with Crippen LogP contribution in [-0.4, -0.2) is 46.1 Å². The average molecular weight is 417 g/mol. The summed E-state index contributed by atoms with van der Waals surface area (Å²) in [4.78, 5) is 36.4. The molecule has 4 aliphatic carbocycles. The van der Waals surface area contributed by atoms with E-state index in [1.54, 1.807) is 19.1 Å². The highest BCUT2D eigenvalue weighted by molar-refractivity contribution is 6.01. The molecule has 3 fully saturated rings. The molecule has 0 aromatic carbocycles. The zero-order valence-electron chi connectivity index (χ0n) is 18.0. The molecule has 0 aromatic heterocycles. The fourth-order valence-electron chi connectivity index (χ4n) is 7.16. The van der Waals surface area contributed by atoms with E-state index < -0.39 is 35.5 Å². The van der Waals surface area contributed by atoms with Crippen LogP contribution in [0.5, 0.6) is 0 Å². The number of hydrogen-bond donors (Lipinski definition) is 2. The third kappa shape index (κ3) is 2.87. The molecular weight excluding hydrogens is 384 g/mol. The summed E-state index contributed by atoms with van der Waals surface area (Å²) in [6, 6.07) is 0. The van der Waals surface area contributed by atoms with Crippen LogP contribution in [0.1, 0.15) is 59.3 Å². The largest absolute Gasteiger partial charge is 0.458 e. The first-order valence-electron chi connectivity index (χ1n) is 11.1. The van der Waals surface area contributed by atoms with Crippen molar-refractivity contribution in [3.63, 3.8) is 0 Å². The van der Waals surface area contributed by atoms with E-state index in [1.165, 1.54) is 0 Å². The fourth-order valence-corrected chi connectivity index (χ4v) is 7.16. The van der Waals surface area contributed by atoms with Gasteiger partial charge in [0.1, 0.15) is 5.60 Å². The quantitative estimate of drug-likeness (QED) is 0.683. The summed E-state index contributed by atoms with van der Waals surface area (Å²) < 4.78 is 5.03. The summed E-state index contributed by atoms with van der Waals surface area (Å²) in [5.41, 5.74) is -1.67. The molecular formula is C24H32O6. The first-order valence-corrected chi connectivity index (χ1v) is 11.1. The molecule has 0 unspecified atom stereocenters. The van der Waals surface area contributed by atoms with Crippen LogP contribution in [0, 0.1) is 28.6 Å². The predicted octanol–water partition coefficient (Wildman–Crippen LogP) is 2.52. The smallest absolute Gasteiger partial charge is 0.305 e. The minimum absolute atomic E-state index is 0.00136. The van der Waals surface area contributed by atoms with Gasteiger partial charge in [-0.15, -0.1) is 0 Å². The van der Waals surface area contributed by atoms with Crippen molar-refractivity contribution >= 4 is 17.5 Å². The lowest BCUT2D eigenvalue weighted by Gasteiger charge is -2.59. The van der Waals surface area contributed by atoms with Gasteiger partial charge in [-0.1, -0.05) is 32.4 Å². The summed E-state index contributed by atoms with van der Waals surface area (Å²) >= 11 is 0. The lowest BCUT2D eigenvalue weighted by molar-refractivity contribution is -0.181. The number of esters is 1. The third-order valence-electron chi connectivity index (χ3n) is 8.76. The Balaban J connectivity index is 1.63. The number of fused-ring (bicyclic) bond motifs is 5. The highest BCUT2D eigenvalue weighted by atomic mass is 16.5. The van der Waals surface area contributed by atoms with Crippen molar-refractivity contribution in [2.75, 3.05) is 6.61 Å². The van der Waals surface area contributed by atoms with Gasteiger partial charge in [0.2, 0.25) is 5.78 Å². The van der Waals surface area contributed by atoms with E-state index in [9.17, 15) is 24.6 Å². The van der Waals surface area contributed by atoms with Gasteiger partial charge in [-0.3, -0.25) is 14.4 Å². The zero-order valence-corrected chi connectivity index (χ0v) is 18.0. The molecule has 30 heavy (non-hydrogen) atoms. The Morgan fingerprint density at radius 1 is 1.27 bits per heavy atom. The number of hydrogen-bond acceptors (Lipinski definition) is 6. The van der Waals surface area contributed by atoms with Crippen molar-refractivity contribution in [3.05, 3.63) is 23.8 Å². The first-order chi connectivity index (χ1) is 14.1. The molecule has 6 heteroatoms. The van der Waals surface area contributed by atoms with E-state index in [0.717, 1.165) is 18.4 Å². The number of allylic oxidation sites excluding steroid dienone is 4. The number of ketones is 2. The number of ether oxygens (including phenoxy) is 1. The summed E-state index contributed by atoms with van der Waals surface area (Å²) in [7, 11) is 0. The number of carbonyl (C=O) groups is 3. The first kappa shape index (κ1) is 21.4. The van der Waals surface area contributed by atoms with E-state index in [-0.39, 0.29) is 35.4 Å². The molecule has 3 saturated carbocycles. The van der Waals surface area contributed by atoms with Gasteiger partial charge in [0.25, 0.3) is 0 Å². The average Bonchev–Trinajstić information content (AvgIpc) is 2.97. The minimum Gasteiger partial charge on any atom is -0.458 e. The molecule has 0 amide bonds. The second kappa shape index (κ2) is 7.13. The van der Waals surface area contributed by atoms with Crippen LogP contribution in [0.25, 0.3) is 0 Å². The molecule has 0 aromatic rings. The molecule has 4 aliphatic rings. The van der Waals surface area contributed by atoms with Gasteiger partial charge in [-0.05, 0) is 56.1 Å². The Morgan fingerprint density at radius 3 is 2.70 bits per heavy atom. The number of rotatable bonds is 4. The van der Waals surface area contributed by atoms with E-state index in [1.807, 2.05) is 13.0 Å². The maximum Gasteiger partial charge on any atom is 0.305 e. The summed E-state index contributed by atoms with van der Waals surface area (Å²) in [5.74, 6) is -0.738. The zero-order chi connectivity index (χ0) is 21.9. The second-order valence-corrected chi connectivity index (χ2v) is 10.0. The van der Waals surface area contributed by atoms with Crippen LogP contribution < -0.4 is 0 Å². The summed E-state index contributed by atoms with van der Waals surface area (Å²) in [6.45, 7) is 5.25. The number of Topliss-reactive ketones (excluding diaryl/α,β-unsaturated/α-hetero) is 1. The molecule has 0 saturated heterocycles. The molecule has 0 radical (unpaired) electrons. The van der Waals surface area contributed by atoms with E-state index in [4.69, 9.17) is 4.74 Å². The van der Waals surface area contributed by atoms with Gasteiger partial charge < -0.3 is 14.9 Å². The lowest BCUT2D eigenvalue weighted by Crippen LogP contribution is -2.61. The van der Waals surface area contributed by atoms with Gasteiger partial charge in [-0.2, -0.15) is 0 Å². The molecule has 0 heterocycles. The Hall–Kier alpha value is -1.79. The molecule has 7 atom stereocenters. The Kier molecular flexibility index (Phi) is 5.09. The Morgan fingerprint density at radius 2 is 2.00 bits per heavy atom. The van der Waals surface area contributed by atoms with Gasteiger partial charge in [0, 0.05) is 23.2 Å². The molecule has 4 rings (SSSR count). The van der Waals surface area contributed by atoms with E-state index in [2.05, 4.69) is 6.92 Å². The van der Waals surface area contributed by atoms with Gasteiger partial charge in [0.15, 0.2) is 12.4 Å². The third-order valence-corrected chi connectivity index (χ3v) is 8.76. The van der Waals surface area contributed by atoms with Crippen LogP contribution in [0.15, 0.2) is 23.8 Å². The van der Waals surface area contributed by atoms with Gasteiger partial charge in [-0.25, -0.2) is 0 Å². The molecule has 164 valence electrons. The standard InChI is InChI=1S/C24H32O6/c1-4-20(28)30-13-19(27)24(29)10-8-17-16-6-5-14-11-15(25)7-9-22(14,2)21(16)18(26)12-23(17,24)3/h7,9,11,16-18,21,26,29H,4-6,8,10,12-13H2,1-3H3/t16-,17+,18+,21+,22-,23-,24-/m0/s1. The molecule has 0 bridgehead atoms. The lowest BCUT2D eigenvalue weighted by atomic mass is 9.46. The topological polar surface area (TPSA) is 101 Å². The molecule has 2 N–H and O–H groups in total. The van der Waals surface area contributed by atoms with E-state index in [0.29, 0.717) is 19.3 Å².